The number of methoxy groups -OCH3 is 2. The molecule has 0 unspecified atom stereocenters. The molecule has 1 heterocycles. The third kappa shape index (κ3) is 2.43. The number of hydrogen-bond acceptors (Lipinski definition) is 3. The molecule has 0 bridgehead atoms. The molecule has 0 saturated carbocycles. The van der Waals surface area contributed by atoms with Gasteiger partial charge in [0.15, 0.2) is 0 Å². The Morgan fingerprint density at radius 1 is 1.21 bits per heavy atom. The van der Waals surface area contributed by atoms with Gasteiger partial charge in [-0.25, -0.2) is 0 Å². The van der Waals surface area contributed by atoms with E-state index in [2.05, 4.69) is 4.98 Å². The number of H-pyrrole nitrogens is 1. The van der Waals surface area contributed by atoms with Gasteiger partial charge in [0.1, 0.15) is 17.3 Å². The van der Waals surface area contributed by atoms with Crippen LogP contribution in [-0.4, -0.2) is 25.0 Å². The van der Waals surface area contributed by atoms with Crippen LogP contribution in [-0.2, 0) is 11.2 Å². The lowest BCUT2D eigenvalue weighted by Gasteiger charge is -2.08. The molecule has 4 heteroatoms. The summed E-state index contributed by atoms with van der Waals surface area (Å²) >= 11 is 0. The highest BCUT2D eigenvalue weighted by molar-refractivity contribution is 5.95. The summed E-state index contributed by atoms with van der Waals surface area (Å²) in [5.41, 5.74) is 3.11. The van der Waals surface area contributed by atoms with Crippen LogP contribution in [0.5, 0.6) is 11.5 Å². The predicted molar refractivity (Wildman–Crippen MR) is 75.1 cm³/mol. The standard InChI is InChI=1S/C15H19NO3/c1-9(17)5-6-11-10(2)16-15-13(19-4)8-7-12(18-3)14(11)15/h7-8,16H,5-6H2,1-4H3. The van der Waals surface area contributed by atoms with E-state index in [4.69, 9.17) is 9.47 Å². The van der Waals surface area contributed by atoms with Crippen LogP contribution in [0.15, 0.2) is 12.1 Å². The predicted octanol–water partition coefficient (Wildman–Crippen LogP) is 3.02. The number of Topliss-reactive ketones (excluding diaryl/α,β-unsaturated/α-hetero) is 1. The van der Waals surface area contributed by atoms with E-state index >= 15 is 0 Å². The lowest BCUT2D eigenvalue weighted by Crippen LogP contribution is -1.96. The summed E-state index contributed by atoms with van der Waals surface area (Å²) in [4.78, 5) is 14.5. The fraction of sp³-hybridized carbons (Fsp3) is 0.400. The Balaban J connectivity index is 2.61. The summed E-state index contributed by atoms with van der Waals surface area (Å²) in [6, 6.07) is 3.78. The zero-order valence-electron chi connectivity index (χ0n) is 11.8. The molecule has 2 rings (SSSR count). The van der Waals surface area contributed by atoms with E-state index in [0.717, 1.165) is 33.7 Å². The molecule has 1 N–H and O–H groups in total. The van der Waals surface area contributed by atoms with Crippen LogP contribution in [0.25, 0.3) is 10.9 Å². The molecule has 0 aliphatic heterocycles. The van der Waals surface area contributed by atoms with E-state index < -0.39 is 0 Å². The van der Waals surface area contributed by atoms with E-state index in [1.807, 2.05) is 19.1 Å². The van der Waals surface area contributed by atoms with Crippen molar-refractivity contribution in [2.75, 3.05) is 14.2 Å². The van der Waals surface area contributed by atoms with E-state index in [1.165, 1.54) is 0 Å². The quantitative estimate of drug-likeness (QED) is 0.900. The summed E-state index contributed by atoms with van der Waals surface area (Å²) in [5.74, 6) is 1.78. The lowest BCUT2D eigenvalue weighted by molar-refractivity contribution is -0.116. The monoisotopic (exact) mass is 261 g/mol. The topological polar surface area (TPSA) is 51.3 Å². The second-order valence-corrected chi connectivity index (χ2v) is 4.65. The Labute approximate surface area is 112 Å². The summed E-state index contributed by atoms with van der Waals surface area (Å²) in [5, 5.41) is 1.01. The minimum Gasteiger partial charge on any atom is -0.496 e. The Hall–Kier alpha value is -1.97. The molecule has 0 radical (unpaired) electrons. The van der Waals surface area contributed by atoms with Crippen molar-refractivity contribution in [3.05, 3.63) is 23.4 Å². The number of carbonyl (C=O) groups is 1. The summed E-state index contributed by atoms with van der Waals surface area (Å²) < 4.78 is 10.8. The highest BCUT2D eigenvalue weighted by atomic mass is 16.5. The van der Waals surface area contributed by atoms with Gasteiger partial charge in [-0.2, -0.15) is 0 Å². The summed E-state index contributed by atoms with van der Waals surface area (Å²) in [6.45, 7) is 3.62. The molecule has 0 fully saturated rings. The molecule has 19 heavy (non-hydrogen) atoms. The third-order valence-electron chi connectivity index (χ3n) is 3.36. The number of hydrogen-bond donors (Lipinski definition) is 1. The van der Waals surface area contributed by atoms with E-state index in [9.17, 15) is 4.79 Å². The van der Waals surface area contributed by atoms with Crippen molar-refractivity contribution in [3.8, 4) is 11.5 Å². The van der Waals surface area contributed by atoms with Crippen LogP contribution in [0.2, 0.25) is 0 Å². The molecule has 102 valence electrons. The van der Waals surface area contributed by atoms with Crippen molar-refractivity contribution in [1.82, 2.24) is 4.98 Å². The van der Waals surface area contributed by atoms with Gasteiger partial charge in [0.05, 0.1) is 19.7 Å². The first kappa shape index (κ1) is 13.5. The molecule has 0 atom stereocenters. The smallest absolute Gasteiger partial charge is 0.143 e. The fourth-order valence-corrected chi connectivity index (χ4v) is 2.39. The molecule has 0 spiro atoms. The first-order valence-corrected chi connectivity index (χ1v) is 6.30. The highest BCUT2D eigenvalue weighted by Crippen LogP contribution is 2.37. The molecule has 2 aromatic rings. The fourth-order valence-electron chi connectivity index (χ4n) is 2.39. The molecule has 0 amide bonds. The Kier molecular flexibility index (Phi) is 3.79. The number of carbonyl (C=O) groups excluding carboxylic acids is 1. The average Bonchev–Trinajstić information content (AvgIpc) is 2.71. The largest absolute Gasteiger partial charge is 0.496 e. The minimum atomic E-state index is 0.190. The normalized spacial score (nSPS) is 10.7. The molecule has 1 aromatic heterocycles. The molecular formula is C15H19NO3. The molecule has 0 saturated heterocycles. The minimum absolute atomic E-state index is 0.190. The van der Waals surface area contributed by atoms with Crippen molar-refractivity contribution in [1.29, 1.82) is 0 Å². The van der Waals surface area contributed by atoms with Crippen molar-refractivity contribution in [2.24, 2.45) is 0 Å². The van der Waals surface area contributed by atoms with Crippen LogP contribution in [0.4, 0.5) is 0 Å². The van der Waals surface area contributed by atoms with Crippen LogP contribution < -0.4 is 9.47 Å². The summed E-state index contributed by atoms with van der Waals surface area (Å²) in [7, 11) is 3.30. The van der Waals surface area contributed by atoms with Gasteiger partial charge in [-0.05, 0) is 38.0 Å². The zero-order valence-corrected chi connectivity index (χ0v) is 11.8. The molecule has 4 nitrogen and oxygen atoms in total. The maximum absolute atomic E-state index is 11.2. The molecule has 1 aromatic carbocycles. The van der Waals surface area contributed by atoms with Crippen LogP contribution in [0, 0.1) is 6.92 Å². The van der Waals surface area contributed by atoms with Crippen molar-refractivity contribution in [2.45, 2.75) is 26.7 Å². The van der Waals surface area contributed by atoms with Crippen molar-refractivity contribution < 1.29 is 14.3 Å². The number of aromatic amines is 1. The Morgan fingerprint density at radius 2 is 1.84 bits per heavy atom. The molecule has 0 aliphatic carbocycles. The van der Waals surface area contributed by atoms with Gasteiger partial charge in [-0.1, -0.05) is 0 Å². The average molecular weight is 261 g/mol. The second-order valence-electron chi connectivity index (χ2n) is 4.65. The first-order valence-electron chi connectivity index (χ1n) is 6.30. The van der Waals surface area contributed by atoms with Gasteiger partial charge >= 0.3 is 0 Å². The van der Waals surface area contributed by atoms with E-state index in [-0.39, 0.29) is 5.78 Å². The van der Waals surface area contributed by atoms with Crippen LogP contribution >= 0.6 is 0 Å². The van der Waals surface area contributed by atoms with Gasteiger partial charge in [0.2, 0.25) is 0 Å². The lowest BCUT2D eigenvalue weighted by atomic mass is 10.0. The van der Waals surface area contributed by atoms with Gasteiger partial charge < -0.3 is 19.3 Å². The molecule has 0 aliphatic rings. The number of fused-ring (bicyclic) bond motifs is 1. The van der Waals surface area contributed by atoms with Crippen LogP contribution in [0.3, 0.4) is 0 Å². The second kappa shape index (κ2) is 5.34. The van der Waals surface area contributed by atoms with Crippen molar-refractivity contribution in [3.63, 3.8) is 0 Å². The highest BCUT2D eigenvalue weighted by Gasteiger charge is 2.16. The number of nitrogens with one attached hydrogen (secondary N) is 1. The van der Waals surface area contributed by atoms with Crippen LogP contribution in [0.1, 0.15) is 24.6 Å². The first-order chi connectivity index (χ1) is 9.08. The Bertz CT molecular complexity index is 613. The zero-order chi connectivity index (χ0) is 14.0. The maximum Gasteiger partial charge on any atom is 0.143 e. The number of ketones is 1. The van der Waals surface area contributed by atoms with Gasteiger partial charge in [-0.15, -0.1) is 0 Å². The van der Waals surface area contributed by atoms with Gasteiger partial charge in [-0.3, -0.25) is 0 Å². The molecular weight excluding hydrogens is 242 g/mol. The third-order valence-corrected chi connectivity index (χ3v) is 3.36. The van der Waals surface area contributed by atoms with Gasteiger partial charge in [0.25, 0.3) is 0 Å². The number of aromatic nitrogens is 1. The summed E-state index contributed by atoms with van der Waals surface area (Å²) in [6.07, 6.45) is 1.25. The van der Waals surface area contributed by atoms with E-state index in [1.54, 1.807) is 21.1 Å². The number of benzene rings is 1. The SMILES string of the molecule is COc1ccc(OC)c2c(CCC(C)=O)c(C)[nH]c12. The van der Waals surface area contributed by atoms with E-state index in [0.29, 0.717) is 12.8 Å². The van der Waals surface area contributed by atoms with Crippen molar-refractivity contribution >= 4 is 16.7 Å². The number of rotatable bonds is 5. The maximum atomic E-state index is 11.2. The van der Waals surface area contributed by atoms with Gasteiger partial charge in [0, 0.05) is 17.5 Å². The Morgan fingerprint density at radius 3 is 2.42 bits per heavy atom. The number of aryl methyl sites for hydroxylation is 2. The number of ether oxygens (including phenoxy) is 2.